The van der Waals surface area contributed by atoms with Crippen molar-refractivity contribution in [3.05, 3.63) is 59.2 Å². The van der Waals surface area contributed by atoms with Crippen molar-refractivity contribution in [2.45, 2.75) is 52.2 Å². The highest BCUT2D eigenvalue weighted by atomic mass is 16.6. The monoisotopic (exact) mass is 478 g/mol. The van der Waals surface area contributed by atoms with Crippen LogP contribution < -0.4 is 14.2 Å². The normalized spacial score (nSPS) is 23.0. The second-order valence-electron chi connectivity index (χ2n) is 9.75. The number of benzene rings is 2. The Hall–Kier alpha value is -2.99. The number of ether oxygens (including phenoxy) is 3. The minimum absolute atomic E-state index is 0.0242. The van der Waals surface area contributed by atoms with Crippen LogP contribution in [0, 0.1) is 0 Å². The molecular formula is C29H38N2O4. The SMILES string of the molecule is CCOc1cc2cc(c1OCC)OC1(C)CCN(C)C1CCN(C/C(C)=C/c1ccccc1)C2=O. The Bertz CT molecular complexity index is 1070. The van der Waals surface area contributed by atoms with Crippen LogP contribution in [0.5, 0.6) is 17.2 Å². The molecule has 1 fully saturated rings. The van der Waals surface area contributed by atoms with Crippen molar-refractivity contribution < 1.29 is 19.0 Å². The predicted molar refractivity (Wildman–Crippen MR) is 139 cm³/mol. The van der Waals surface area contributed by atoms with E-state index in [1.54, 1.807) is 6.07 Å². The molecule has 0 saturated carbocycles. The topological polar surface area (TPSA) is 51.2 Å². The summed E-state index contributed by atoms with van der Waals surface area (Å²) in [5.41, 5.74) is 2.45. The highest BCUT2D eigenvalue weighted by Crippen LogP contribution is 2.44. The number of amides is 1. The summed E-state index contributed by atoms with van der Waals surface area (Å²) in [5.74, 6) is 1.69. The summed E-state index contributed by atoms with van der Waals surface area (Å²) in [7, 11) is 2.14. The number of carbonyl (C=O) groups excluding carboxylic acids is 1. The van der Waals surface area contributed by atoms with Crippen molar-refractivity contribution in [1.82, 2.24) is 9.80 Å². The standard InChI is InChI=1S/C29H38N2O4/c1-6-33-24-18-23-19-25(27(24)34-7-2)35-29(4)14-16-30(5)26(29)13-15-31(28(23)32)20-21(3)17-22-11-9-8-10-12-22/h8-12,17-19,26H,6-7,13-16,20H2,1-5H3/b21-17+. The van der Waals surface area contributed by atoms with E-state index in [9.17, 15) is 4.79 Å². The lowest BCUT2D eigenvalue weighted by atomic mass is 9.93. The third-order valence-corrected chi connectivity index (χ3v) is 7.01. The minimum Gasteiger partial charge on any atom is -0.490 e. The molecule has 2 aliphatic heterocycles. The first-order valence-corrected chi connectivity index (χ1v) is 12.7. The van der Waals surface area contributed by atoms with Crippen LogP contribution in [-0.4, -0.2) is 67.2 Å². The summed E-state index contributed by atoms with van der Waals surface area (Å²) in [5, 5.41) is 0. The molecule has 0 aliphatic carbocycles. The zero-order chi connectivity index (χ0) is 25.0. The third kappa shape index (κ3) is 5.48. The molecule has 1 amide bonds. The fourth-order valence-corrected chi connectivity index (χ4v) is 5.30. The first-order valence-electron chi connectivity index (χ1n) is 12.7. The number of hydrogen-bond acceptors (Lipinski definition) is 5. The van der Waals surface area contributed by atoms with Crippen LogP contribution >= 0.6 is 0 Å². The van der Waals surface area contributed by atoms with Gasteiger partial charge in [0, 0.05) is 31.6 Å². The molecule has 1 saturated heterocycles. The predicted octanol–water partition coefficient (Wildman–Crippen LogP) is 5.28. The van der Waals surface area contributed by atoms with Crippen molar-refractivity contribution in [1.29, 1.82) is 0 Å². The van der Waals surface area contributed by atoms with Gasteiger partial charge < -0.3 is 19.1 Å². The van der Waals surface area contributed by atoms with E-state index >= 15 is 0 Å². The molecule has 2 aliphatic rings. The van der Waals surface area contributed by atoms with E-state index in [4.69, 9.17) is 14.2 Å². The van der Waals surface area contributed by atoms with Gasteiger partial charge in [0.25, 0.3) is 5.91 Å². The van der Waals surface area contributed by atoms with Gasteiger partial charge in [-0.2, -0.15) is 0 Å². The number of likely N-dealkylation sites (N-methyl/N-ethyl adjacent to an activating group) is 1. The molecule has 6 nitrogen and oxygen atoms in total. The molecule has 0 radical (unpaired) electrons. The highest BCUT2D eigenvalue weighted by molar-refractivity contribution is 5.96. The van der Waals surface area contributed by atoms with Crippen molar-refractivity contribution >= 4 is 12.0 Å². The largest absolute Gasteiger partial charge is 0.490 e. The molecule has 4 rings (SSSR count). The quantitative estimate of drug-likeness (QED) is 0.542. The van der Waals surface area contributed by atoms with Crippen LogP contribution in [0.15, 0.2) is 48.0 Å². The van der Waals surface area contributed by atoms with Gasteiger partial charge in [0.05, 0.1) is 19.3 Å². The van der Waals surface area contributed by atoms with E-state index in [1.807, 2.05) is 43.0 Å². The van der Waals surface area contributed by atoms with Gasteiger partial charge in [-0.1, -0.05) is 42.0 Å². The number of rotatable bonds is 7. The van der Waals surface area contributed by atoms with Crippen LogP contribution in [0.25, 0.3) is 6.08 Å². The lowest BCUT2D eigenvalue weighted by Gasteiger charge is -2.38. The first-order chi connectivity index (χ1) is 16.8. The molecule has 188 valence electrons. The molecule has 2 aromatic rings. The van der Waals surface area contributed by atoms with Crippen LogP contribution in [-0.2, 0) is 0 Å². The van der Waals surface area contributed by atoms with Crippen molar-refractivity contribution in [3.63, 3.8) is 0 Å². The van der Waals surface area contributed by atoms with Gasteiger partial charge in [0.1, 0.15) is 5.60 Å². The Balaban J connectivity index is 1.76. The second-order valence-corrected chi connectivity index (χ2v) is 9.75. The Morgan fingerprint density at radius 3 is 2.60 bits per heavy atom. The lowest BCUT2D eigenvalue weighted by molar-refractivity contribution is 0.0355. The van der Waals surface area contributed by atoms with Gasteiger partial charge >= 0.3 is 0 Å². The number of fused-ring (bicyclic) bond motifs is 3. The van der Waals surface area contributed by atoms with Gasteiger partial charge in [-0.15, -0.1) is 0 Å². The summed E-state index contributed by atoms with van der Waals surface area (Å²) >= 11 is 0. The van der Waals surface area contributed by atoms with Crippen molar-refractivity contribution in [3.8, 4) is 17.2 Å². The van der Waals surface area contributed by atoms with E-state index < -0.39 is 0 Å². The van der Waals surface area contributed by atoms with Crippen LogP contribution in [0.3, 0.4) is 0 Å². The molecule has 2 heterocycles. The molecule has 0 N–H and O–H groups in total. The minimum atomic E-state index is -0.385. The van der Waals surface area contributed by atoms with Crippen molar-refractivity contribution in [2.24, 2.45) is 0 Å². The zero-order valence-corrected chi connectivity index (χ0v) is 21.7. The summed E-state index contributed by atoms with van der Waals surface area (Å²) in [6.07, 6.45) is 3.90. The maximum Gasteiger partial charge on any atom is 0.254 e. The number of nitrogens with zero attached hydrogens (tertiary/aromatic N) is 2. The molecule has 2 atom stereocenters. The Labute approximate surface area is 209 Å². The molecule has 2 aromatic carbocycles. The van der Waals surface area contributed by atoms with E-state index in [2.05, 4.69) is 44.0 Å². The van der Waals surface area contributed by atoms with E-state index in [0.29, 0.717) is 49.1 Å². The van der Waals surface area contributed by atoms with Gasteiger partial charge in [0.2, 0.25) is 5.75 Å². The van der Waals surface area contributed by atoms with Crippen molar-refractivity contribution in [2.75, 3.05) is 39.9 Å². The van der Waals surface area contributed by atoms with Gasteiger partial charge in [-0.05, 0) is 58.9 Å². The Kier molecular flexibility index (Phi) is 7.70. The number of likely N-dealkylation sites (tertiary alicyclic amines) is 1. The summed E-state index contributed by atoms with van der Waals surface area (Å²) < 4.78 is 18.6. The Morgan fingerprint density at radius 2 is 1.89 bits per heavy atom. The molecule has 2 bridgehead atoms. The smallest absolute Gasteiger partial charge is 0.254 e. The average Bonchev–Trinajstić information content (AvgIpc) is 3.11. The van der Waals surface area contributed by atoms with Gasteiger partial charge in [-0.3, -0.25) is 9.69 Å². The highest BCUT2D eigenvalue weighted by Gasteiger charge is 2.45. The second kappa shape index (κ2) is 10.7. The summed E-state index contributed by atoms with van der Waals surface area (Å²) in [6.45, 7) is 11.3. The molecule has 2 unspecified atom stereocenters. The molecule has 35 heavy (non-hydrogen) atoms. The summed E-state index contributed by atoms with van der Waals surface area (Å²) in [6, 6.07) is 14.1. The Morgan fingerprint density at radius 1 is 1.14 bits per heavy atom. The summed E-state index contributed by atoms with van der Waals surface area (Å²) in [4.78, 5) is 18.1. The van der Waals surface area contributed by atoms with E-state index in [0.717, 1.165) is 30.5 Å². The van der Waals surface area contributed by atoms with Gasteiger partial charge in [0.15, 0.2) is 11.5 Å². The first kappa shape index (κ1) is 25.1. The number of carbonyl (C=O) groups is 1. The fourth-order valence-electron chi connectivity index (χ4n) is 5.30. The fraction of sp³-hybridized carbons (Fsp3) is 0.483. The van der Waals surface area contributed by atoms with Gasteiger partial charge in [-0.25, -0.2) is 0 Å². The average molecular weight is 479 g/mol. The molecule has 0 spiro atoms. The molecular weight excluding hydrogens is 440 g/mol. The number of hydrogen-bond donors (Lipinski definition) is 0. The molecule has 6 heteroatoms. The van der Waals surface area contributed by atoms with Crippen LogP contribution in [0.2, 0.25) is 0 Å². The zero-order valence-electron chi connectivity index (χ0n) is 21.7. The lowest BCUT2D eigenvalue weighted by Crippen LogP contribution is -2.48. The molecule has 0 aromatic heterocycles. The maximum atomic E-state index is 13.8. The van der Waals surface area contributed by atoms with Crippen LogP contribution in [0.4, 0.5) is 0 Å². The maximum absolute atomic E-state index is 13.8. The van der Waals surface area contributed by atoms with Crippen LogP contribution in [0.1, 0.15) is 56.5 Å². The van der Waals surface area contributed by atoms with E-state index in [-0.39, 0.29) is 17.6 Å². The van der Waals surface area contributed by atoms with E-state index in [1.165, 1.54) is 0 Å². The third-order valence-electron chi connectivity index (χ3n) is 7.01.